The summed E-state index contributed by atoms with van der Waals surface area (Å²) in [6, 6.07) is 18.3. The maximum absolute atomic E-state index is 4.08. The van der Waals surface area contributed by atoms with E-state index in [0.29, 0.717) is 0 Å². The van der Waals surface area contributed by atoms with Crippen molar-refractivity contribution in [2.24, 2.45) is 0 Å². The molecule has 2 heteroatoms. The number of anilines is 1. The molecule has 0 aliphatic carbocycles. The zero-order chi connectivity index (χ0) is 13.7. The zero-order valence-corrected chi connectivity index (χ0v) is 12.2. The minimum absolute atomic E-state index is 0.0254. The normalized spacial score (nSPS) is 11.6. The summed E-state index contributed by atoms with van der Waals surface area (Å²) in [5, 5.41) is 3.48. The van der Waals surface area contributed by atoms with Crippen LogP contribution in [0.2, 0.25) is 0 Å². The molecule has 1 atom stereocenters. The Balaban J connectivity index is 2.31. The second-order valence-corrected chi connectivity index (χ2v) is 5.19. The van der Waals surface area contributed by atoms with Crippen molar-refractivity contribution < 1.29 is 0 Å². The largest absolute Gasteiger partial charge is 0.374 e. The summed E-state index contributed by atoms with van der Waals surface area (Å²) >= 11 is 3.50. The van der Waals surface area contributed by atoms with Crippen LogP contribution in [-0.4, -0.2) is 0 Å². The van der Waals surface area contributed by atoms with Crippen LogP contribution in [0.15, 0.2) is 83.9 Å². The van der Waals surface area contributed by atoms with Gasteiger partial charge in [-0.3, -0.25) is 0 Å². The maximum atomic E-state index is 4.08. The predicted molar refractivity (Wildman–Crippen MR) is 86.3 cm³/mol. The van der Waals surface area contributed by atoms with Gasteiger partial charge in [0, 0.05) is 10.2 Å². The van der Waals surface area contributed by atoms with Crippen LogP contribution in [0.3, 0.4) is 0 Å². The van der Waals surface area contributed by atoms with E-state index in [1.54, 1.807) is 6.08 Å². The molecule has 0 radical (unpaired) electrons. The summed E-state index contributed by atoms with van der Waals surface area (Å²) in [6.45, 7) is 7.90. The third kappa shape index (κ3) is 3.58. The highest BCUT2D eigenvalue weighted by Gasteiger charge is 2.13. The van der Waals surface area contributed by atoms with Crippen LogP contribution in [0, 0.1) is 0 Å². The first kappa shape index (κ1) is 13.6. The molecule has 0 saturated carbocycles. The van der Waals surface area contributed by atoms with Crippen LogP contribution < -0.4 is 5.32 Å². The van der Waals surface area contributed by atoms with Gasteiger partial charge in [-0.2, -0.15) is 0 Å². The molecule has 2 aromatic carbocycles. The van der Waals surface area contributed by atoms with Gasteiger partial charge in [0.05, 0.1) is 6.04 Å². The van der Waals surface area contributed by atoms with Gasteiger partial charge in [0.25, 0.3) is 0 Å². The summed E-state index contributed by atoms with van der Waals surface area (Å²) in [7, 11) is 0. The smallest absolute Gasteiger partial charge is 0.0762 e. The molecule has 0 aromatic heterocycles. The van der Waals surface area contributed by atoms with Crippen molar-refractivity contribution in [2.75, 3.05) is 5.32 Å². The molecule has 0 amide bonds. The Kier molecular flexibility index (Phi) is 4.58. The molecular weight excluding hydrogens is 298 g/mol. The van der Waals surface area contributed by atoms with E-state index in [2.05, 4.69) is 46.5 Å². The van der Waals surface area contributed by atoms with E-state index in [4.69, 9.17) is 0 Å². The van der Waals surface area contributed by atoms with E-state index in [-0.39, 0.29) is 6.04 Å². The average Bonchev–Trinajstić information content (AvgIpc) is 2.45. The van der Waals surface area contributed by atoms with Gasteiger partial charge >= 0.3 is 0 Å². The first-order valence-corrected chi connectivity index (χ1v) is 6.88. The molecule has 1 N–H and O–H groups in total. The molecule has 0 spiro atoms. The molecule has 2 rings (SSSR count). The highest BCUT2D eigenvalue weighted by atomic mass is 79.9. The molecule has 2 aromatic rings. The third-order valence-electron chi connectivity index (χ3n) is 2.90. The van der Waals surface area contributed by atoms with Gasteiger partial charge in [0.15, 0.2) is 0 Å². The number of hydrogen-bond acceptors (Lipinski definition) is 1. The molecular formula is C17H16BrN. The molecule has 1 unspecified atom stereocenters. The topological polar surface area (TPSA) is 12.0 Å². The fraction of sp³-hybridized carbons (Fsp3) is 0.0588. The van der Waals surface area contributed by atoms with E-state index in [9.17, 15) is 0 Å². The van der Waals surface area contributed by atoms with E-state index < -0.39 is 0 Å². The Labute approximate surface area is 122 Å². The summed E-state index contributed by atoms with van der Waals surface area (Å²) in [6.07, 6.45) is 1.79. The second-order valence-electron chi connectivity index (χ2n) is 4.28. The molecule has 0 fully saturated rings. The van der Waals surface area contributed by atoms with Gasteiger partial charge in [-0.25, -0.2) is 0 Å². The number of nitrogens with one attached hydrogen (secondary N) is 1. The van der Waals surface area contributed by atoms with E-state index in [0.717, 1.165) is 21.3 Å². The molecule has 0 heterocycles. The van der Waals surface area contributed by atoms with Gasteiger partial charge in [-0.1, -0.05) is 65.5 Å². The van der Waals surface area contributed by atoms with E-state index >= 15 is 0 Å². The molecule has 0 saturated heterocycles. The quantitative estimate of drug-likeness (QED) is 0.734. The number of para-hydroxylation sites is 1. The van der Waals surface area contributed by atoms with Gasteiger partial charge in [-0.15, -0.1) is 0 Å². The van der Waals surface area contributed by atoms with Crippen molar-refractivity contribution >= 4 is 21.6 Å². The fourth-order valence-electron chi connectivity index (χ4n) is 1.90. The lowest BCUT2D eigenvalue weighted by Crippen LogP contribution is -2.12. The Bertz CT molecular complexity index is 575. The standard InChI is InChI=1S/C17H16BrN/c1-3-13(2)17(14-8-7-9-15(18)12-14)19-16-10-5-4-6-11-16/h3-12,17,19H,1-2H2. The highest BCUT2D eigenvalue weighted by molar-refractivity contribution is 9.10. The minimum Gasteiger partial charge on any atom is -0.374 e. The van der Waals surface area contributed by atoms with Crippen LogP contribution in [0.5, 0.6) is 0 Å². The van der Waals surface area contributed by atoms with Crippen LogP contribution in [0.25, 0.3) is 0 Å². The Morgan fingerprint density at radius 1 is 1.11 bits per heavy atom. The number of rotatable bonds is 5. The first-order valence-electron chi connectivity index (χ1n) is 6.09. The van der Waals surface area contributed by atoms with Crippen molar-refractivity contribution in [3.05, 3.63) is 89.4 Å². The van der Waals surface area contributed by atoms with Crippen molar-refractivity contribution in [2.45, 2.75) is 6.04 Å². The Hall–Kier alpha value is -1.80. The number of halogens is 1. The van der Waals surface area contributed by atoms with Crippen molar-refractivity contribution in [1.29, 1.82) is 0 Å². The maximum Gasteiger partial charge on any atom is 0.0762 e. The molecule has 96 valence electrons. The van der Waals surface area contributed by atoms with Crippen LogP contribution in [-0.2, 0) is 0 Å². The lowest BCUT2D eigenvalue weighted by molar-refractivity contribution is 0.943. The molecule has 0 aliphatic heterocycles. The SMILES string of the molecule is C=CC(=C)C(Nc1ccccc1)c1cccc(Br)c1. The first-order chi connectivity index (χ1) is 9.20. The van der Waals surface area contributed by atoms with Crippen molar-refractivity contribution in [1.82, 2.24) is 0 Å². The average molecular weight is 314 g/mol. The van der Waals surface area contributed by atoms with Crippen LogP contribution in [0.1, 0.15) is 11.6 Å². The monoisotopic (exact) mass is 313 g/mol. The Morgan fingerprint density at radius 2 is 1.84 bits per heavy atom. The number of hydrogen-bond donors (Lipinski definition) is 1. The zero-order valence-electron chi connectivity index (χ0n) is 10.6. The number of benzene rings is 2. The summed E-state index contributed by atoms with van der Waals surface area (Å²) in [4.78, 5) is 0. The lowest BCUT2D eigenvalue weighted by atomic mass is 9.99. The summed E-state index contributed by atoms with van der Waals surface area (Å²) < 4.78 is 1.06. The summed E-state index contributed by atoms with van der Waals surface area (Å²) in [5.74, 6) is 0. The fourth-order valence-corrected chi connectivity index (χ4v) is 2.31. The van der Waals surface area contributed by atoms with Crippen LogP contribution >= 0.6 is 15.9 Å². The molecule has 0 aliphatic rings. The highest BCUT2D eigenvalue weighted by Crippen LogP contribution is 2.27. The van der Waals surface area contributed by atoms with E-state index in [1.807, 2.05) is 42.5 Å². The van der Waals surface area contributed by atoms with E-state index in [1.165, 1.54) is 0 Å². The molecule has 19 heavy (non-hydrogen) atoms. The van der Waals surface area contributed by atoms with Crippen molar-refractivity contribution in [3.8, 4) is 0 Å². The van der Waals surface area contributed by atoms with Crippen LogP contribution in [0.4, 0.5) is 5.69 Å². The third-order valence-corrected chi connectivity index (χ3v) is 3.39. The predicted octanol–water partition coefficient (Wildman–Crippen LogP) is 5.34. The van der Waals surface area contributed by atoms with Crippen molar-refractivity contribution in [3.63, 3.8) is 0 Å². The van der Waals surface area contributed by atoms with Gasteiger partial charge in [0.2, 0.25) is 0 Å². The van der Waals surface area contributed by atoms with Gasteiger partial charge in [-0.05, 0) is 35.4 Å². The minimum atomic E-state index is 0.0254. The van der Waals surface area contributed by atoms with Gasteiger partial charge < -0.3 is 5.32 Å². The Morgan fingerprint density at radius 3 is 2.47 bits per heavy atom. The molecule has 0 bridgehead atoms. The van der Waals surface area contributed by atoms with Gasteiger partial charge in [0.1, 0.15) is 0 Å². The molecule has 1 nitrogen and oxygen atoms in total. The second kappa shape index (κ2) is 6.39. The lowest BCUT2D eigenvalue weighted by Gasteiger charge is -2.21. The summed E-state index contributed by atoms with van der Waals surface area (Å²) in [5.41, 5.74) is 3.17.